The Morgan fingerprint density at radius 3 is 2.83 bits per heavy atom. The number of fused-ring (bicyclic) bond motifs is 1. The molecule has 0 saturated carbocycles. The zero-order valence-corrected chi connectivity index (χ0v) is 13.4. The lowest BCUT2D eigenvalue weighted by atomic mass is 10.1. The van der Waals surface area contributed by atoms with E-state index in [-0.39, 0.29) is 5.69 Å². The lowest BCUT2D eigenvalue weighted by Crippen LogP contribution is -2.39. The topological polar surface area (TPSA) is 44.4 Å². The monoisotopic (exact) mass is 331 g/mol. The van der Waals surface area contributed by atoms with Gasteiger partial charge in [0.25, 0.3) is 0 Å². The van der Waals surface area contributed by atoms with Crippen LogP contribution < -0.4 is 15.5 Å². The second-order valence-electron chi connectivity index (χ2n) is 5.88. The van der Waals surface area contributed by atoms with Gasteiger partial charge in [-0.15, -0.1) is 0 Å². The maximum absolute atomic E-state index is 13.5. The molecule has 0 bridgehead atoms. The van der Waals surface area contributed by atoms with Gasteiger partial charge in [0.05, 0.1) is 5.69 Å². The summed E-state index contributed by atoms with van der Waals surface area (Å²) in [5, 5.41) is 5.08. The Hall–Kier alpha value is -2.63. The number of amides is 2. The Morgan fingerprint density at radius 1 is 1.25 bits per heavy atom. The molecule has 2 aromatic rings. The quantitative estimate of drug-likeness (QED) is 0.900. The fourth-order valence-electron chi connectivity index (χ4n) is 3.02. The first kappa shape index (κ1) is 16.2. The summed E-state index contributed by atoms with van der Waals surface area (Å²) in [6, 6.07) is 11.1. The molecule has 0 saturated heterocycles. The number of urea groups is 1. The van der Waals surface area contributed by atoms with E-state index >= 15 is 0 Å². The molecular weight excluding hydrogens is 312 g/mol. The summed E-state index contributed by atoms with van der Waals surface area (Å²) in [6.45, 7) is 3.23. The van der Waals surface area contributed by atoms with E-state index in [2.05, 4.69) is 34.6 Å². The summed E-state index contributed by atoms with van der Waals surface area (Å²) in [6.07, 6.45) is 0.989. The highest BCUT2D eigenvalue weighted by molar-refractivity contribution is 5.89. The molecule has 2 amide bonds. The fraction of sp³-hybridized carbons (Fsp3) is 0.278. The van der Waals surface area contributed by atoms with E-state index in [1.54, 1.807) is 0 Å². The van der Waals surface area contributed by atoms with Crippen LogP contribution in [0, 0.1) is 11.6 Å². The predicted molar refractivity (Wildman–Crippen MR) is 90.3 cm³/mol. The van der Waals surface area contributed by atoms with E-state index in [0.29, 0.717) is 19.1 Å². The second-order valence-corrected chi connectivity index (χ2v) is 5.88. The maximum atomic E-state index is 13.5. The smallest absolute Gasteiger partial charge is 0.319 e. The summed E-state index contributed by atoms with van der Waals surface area (Å²) in [7, 11) is 0. The zero-order valence-electron chi connectivity index (χ0n) is 13.4. The minimum Gasteiger partial charge on any atom is -0.367 e. The lowest BCUT2D eigenvalue weighted by Gasteiger charge is -2.25. The average Bonchev–Trinajstić information content (AvgIpc) is 2.86. The number of hydrogen-bond acceptors (Lipinski definition) is 2. The van der Waals surface area contributed by atoms with E-state index in [1.165, 1.54) is 17.3 Å². The van der Waals surface area contributed by atoms with Crippen molar-refractivity contribution in [2.45, 2.75) is 19.4 Å². The first-order valence-corrected chi connectivity index (χ1v) is 7.89. The molecule has 1 aliphatic heterocycles. The molecule has 2 aromatic carbocycles. The molecule has 4 nitrogen and oxygen atoms in total. The van der Waals surface area contributed by atoms with Crippen LogP contribution in [0.15, 0.2) is 42.5 Å². The van der Waals surface area contributed by atoms with Crippen molar-refractivity contribution in [3.05, 3.63) is 59.7 Å². The molecule has 0 fully saturated rings. The van der Waals surface area contributed by atoms with Gasteiger partial charge in [0.1, 0.15) is 11.6 Å². The van der Waals surface area contributed by atoms with Crippen molar-refractivity contribution >= 4 is 17.4 Å². The molecule has 126 valence electrons. The Kier molecular flexibility index (Phi) is 4.64. The van der Waals surface area contributed by atoms with Crippen LogP contribution in [-0.2, 0) is 6.42 Å². The third kappa shape index (κ3) is 3.48. The average molecular weight is 331 g/mol. The van der Waals surface area contributed by atoms with Crippen LogP contribution in [0.3, 0.4) is 0 Å². The van der Waals surface area contributed by atoms with Gasteiger partial charge in [0.2, 0.25) is 0 Å². The first-order valence-electron chi connectivity index (χ1n) is 7.89. The van der Waals surface area contributed by atoms with E-state index in [1.807, 2.05) is 12.1 Å². The van der Waals surface area contributed by atoms with E-state index in [0.717, 1.165) is 18.6 Å². The molecule has 2 N–H and O–H groups in total. The molecule has 0 spiro atoms. The maximum Gasteiger partial charge on any atom is 0.319 e. The van der Waals surface area contributed by atoms with Gasteiger partial charge in [-0.2, -0.15) is 0 Å². The van der Waals surface area contributed by atoms with Crippen LogP contribution in [0.25, 0.3) is 0 Å². The third-order valence-electron chi connectivity index (χ3n) is 4.17. The number of carbonyl (C=O) groups excluding carboxylic acids is 1. The van der Waals surface area contributed by atoms with Crippen molar-refractivity contribution in [1.29, 1.82) is 0 Å². The number of rotatable bonds is 4. The Bertz CT molecular complexity index is 751. The van der Waals surface area contributed by atoms with Crippen molar-refractivity contribution in [2.75, 3.05) is 23.3 Å². The van der Waals surface area contributed by atoms with Gasteiger partial charge in [-0.3, -0.25) is 0 Å². The molecular formula is C18H19F2N3O. The van der Waals surface area contributed by atoms with Gasteiger partial charge in [-0.1, -0.05) is 18.2 Å². The molecule has 0 aromatic heterocycles. The number of benzene rings is 2. The first-order chi connectivity index (χ1) is 11.5. The second kappa shape index (κ2) is 6.86. The van der Waals surface area contributed by atoms with Crippen molar-refractivity contribution in [2.24, 2.45) is 0 Å². The van der Waals surface area contributed by atoms with Gasteiger partial charge in [0.15, 0.2) is 0 Å². The number of halogens is 2. The number of hydrogen-bond donors (Lipinski definition) is 2. The highest BCUT2D eigenvalue weighted by Crippen LogP contribution is 2.31. The summed E-state index contributed by atoms with van der Waals surface area (Å²) in [4.78, 5) is 14.1. The molecule has 24 heavy (non-hydrogen) atoms. The fourth-order valence-corrected chi connectivity index (χ4v) is 3.02. The predicted octanol–water partition coefficient (Wildman–Crippen LogP) is 3.54. The summed E-state index contributed by atoms with van der Waals surface area (Å²) >= 11 is 0. The van der Waals surface area contributed by atoms with Crippen LogP contribution in [0.5, 0.6) is 0 Å². The van der Waals surface area contributed by atoms with E-state index in [4.69, 9.17) is 0 Å². The van der Waals surface area contributed by atoms with Gasteiger partial charge in [-0.05, 0) is 37.1 Å². The highest BCUT2D eigenvalue weighted by atomic mass is 19.1. The Labute approximate surface area is 139 Å². The molecule has 3 rings (SSSR count). The minimum absolute atomic E-state index is 0.0474. The van der Waals surface area contributed by atoms with Crippen LogP contribution >= 0.6 is 0 Å². The van der Waals surface area contributed by atoms with Crippen molar-refractivity contribution in [3.8, 4) is 0 Å². The normalized spacial score (nSPS) is 16.0. The largest absolute Gasteiger partial charge is 0.367 e. The summed E-state index contributed by atoms with van der Waals surface area (Å²) < 4.78 is 26.3. The van der Waals surface area contributed by atoms with E-state index < -0.39 is 17.7 Å². The third-order valence-corrected chi connectivity index (χ3v) is 4.17. The number of anilines is 2. The Morgan fingerprint density at radius 2 is 2.04 bits per heavy atom. The highest BCUT2D eigenvalue weighted by Gasteiger charge is 2.24. The van der Waals surface area contributed by atoms with Crippen LogP contribution in [-0.4, -0.2) is 25.2 Å². The molecule has 1 heterocycles. The zero-order chi connectivity index (χ0) is 17.1. The van der Waals surface area contributed by atoms with Gasteiger partial charge in [0, 0.05) is 30.9 Å². The van der Waals surface area contributed by atoms with Crippen LogP contribution in [0.2, 0.25) is 0 Å². The molecule has 1 unspecified atom stereocenters. The van der Waals surface area contributed by atoms with Crippen molar-refractivity contribution in [1.82, 2.24) is 5.32 Å². The van der Waals surface area contributed by atoms with Crippen molar-refractivity contribution in [3.63, 3.8) is 0 Å². The standard InChI is InChI=1S/C18H19F2N3O/c1-12-10-13-4-2-3-5-17(13)23(12)9-8-21-18(24)22-16-7-6-14(19)11-15(16)20/h2-7,11-12H,8-10H2,1H3,(H2,21,22,24). The molecule has 1 aliphatic rings. The summed E-state index contributed by atoms with van der Waals surface area (Å²) in [5.41, 5.74) is 2.45. The number of nitrogens with one attached hydrogen (secondary N) is 2. The lowest BCUT2D eigenvalue weighted by molar-refractivity contribution is 0.252. The number of nitrogens with zero attached hydrogens (tertiary/aromatic N) is 1. The van der Waals surface area contributed by atoms with Gasteiger partial charge < -0.3 is 15.5 Å². The van der Waals surface area contributed by atoms with Crippen LogP contribution in [0.4, 0.5) is 25.0 Å². The molecule has 1 atom stereocenters. The molecule has 6 heteroatoms. The Balaban J connectivity index is 1.52. The van der Waals surface area contributed by atoms with Gasteiger partial charge >= 0.3 is 6.03 Å². The minimum atomic E-state index is -0.799. The van der Waals surface area contributed by atoms with Gasteiger partial charge in [-0.25, -0.2) is 13.6 Å². The van der Waals surface area contributed by atoms with E-state index in [9.17, 15) is 13.6 Å². The molecule has 0 aliphatic carbocycles. The SMILES string of the molecule is CC1Cc2ccccc2N1CCNC(=O)Nc1ccc(F)cc1F. The number of para-hydroxylation sites is 1. The number of carbonyl (C=O) groups is 1. The van der Waals surface area contributed by atoms with Crippen molar-refractivity contribution < 1.29 is 13.6 Å². The molecule has 0 radical (unpaired) electrons. The van der Waals surface area contributed by atoms with Crippen LogP contribution in [0.1, 0.15) is 12.5 Å². The summed E-state index contributed by atoms with van der Waals surface area (Å²) in [5.74, 6) is -1.48.